The minimum atomic E-state index is -0.251. The summed E-state index contributed by atoms with van der Waals surface area (Å²) in [6.45, 7) is 4.91. The molecule has 0 bridgehead atoms. The third kappa shape index (κ3) is 4.60. The maximum absolute atomic E-state index is 13.8. The molecule has 0 saturated carbocycles. The molecular weight excluding hydrogens is 483 g/mol. The third-order valence-corrected chi connectivity index (χ3v) is 8.46. The molecule has 8 heteroatoms. The van der Waals surface area contributed by atoms with Gasteiger partial charge in [0.1, 0.15) is 17.4 Å². The lowest BCUT2D eigenvalue weighted by molar-refractivity contribution is 0.0498. The highest BCUT2D eigenvalue weighted by Crippen LogP contribution is 2.47. The Hall–Kier alpha value is -3.23. The molecule has 6 rings (SSSR count). The maximum atomic E-state index is 13.8. The number of rotatable bonds is 6. The summed E-state index contributed by atoms with van der Waals surface area (Å²) in [6.07, 6.45) is 6.64. The van der Waals surface area contributed by atoms with Crippen LogP contribution in [-0.2, 0) is 11.2 Å². The molecule has 2 fully saturated rings. The molecule has 0 amide bonds. The van der Waals surface area contributed by atoms with Crippen LogP contribution in [0.2, 0.25) is 0 Å². The lowest BCUT2D eigenvalue weighted by Gasteiger charge is -2.52. The molecule has 3 aliphatic heterocycles. The van der Waals surface area contributed by atoms with Gasteiger partial charge < -0.3 is 24.0 Å². The molecule has 200 valence electrons. The molecule has 4 atom stereocenters. The Balaban J connectivity index is 1.35. The Morgan fingerprint density at radius 1 is 1.21 bits per heavy atom. The molecule has 3 aliphatic rings. The normalized spacial score (nSPS) is 26.9. The van der Waals surface area contributed by atoms with Crippen molar-refractivity contribution in [2.24, 2.45) is 22.2 Å². The van der Waals surface area contributed by atoms with E-state index in [-0.39, 0.29) is 35.7 Å². The number of benzene rings is 2. The minimum Gasteiger partial charge on any atom is -0.495 e. The Kier molecular flexibility index (Phi) is 6.70. The first-order chi connectivity index (χ1) is 18.5. The maximum Gasteiger partial charge on any atom is 0.143 e. The van der Waals surface area contributed by atoms with Gasteiger partial charge in [-0.25, -0.2) is 9.37 Å². The second-order valence-corrected chi connectivity index (χ2v) is 11.1. The predicted octanol–water partition coefficient (Wildman–Crippen LogP) is 4.36. The first-order valence-corrected chi connectivity index (χ1v) is 13.4. The summed E-state index contributed by atoms with van der Waals surface area (Å²) in [6, 6.07) is 13.1. The number of methoxy groups -OCH3 is 1. The van der Waals surface area contributed by atoms with Crippen LogP contribution in [0.25, 0.3) is 5.69 Å². The Morgan fingerprint density at radius 3 is 2.74 bits per heavy atom. The van der Waals surface area contributed by atoms with Crippen LogP contribution in [0.5, 0.6) is 5.75 Å². The number of aryl methyl sites for hydroxylation is 1. The molecule has 2 aromatic carbocycles. The van der Waals surface area contributed by atoms with Crippen LogP contribution in [0.3, 0.4) is 0 Å². The molecule has 3 aromatic rings. The number of aliphatic hydroxyl groups excluding tert-OH is 1. The van der Waals surface area contributed by atoms with Crippen LogP contribution in [0, 0.1) is 30.0 Å². The summed E-state index contributed by atoms with van der Waals surface area (Å²) in [5.41, 5.74) is 4.16. The topological polar surface area (TPSA) is 72.1 Å². The van der Waals surface area contributed by atoms with E-state index in [1.807, 2.05) is 29.8 Å². The number of amidine groups is 1. The van der Waals surface area contributed by atoms with Gasteiger partial charge in [0.2, 0.25) is 0 Å². The van der Waals surface area contributed by atoms with Crippen molar-refractivity contribution >= 4 is 5.84 Å². The number of nitrogens with zero attached hydrogens (tertiary/aromatic N) is 4. The first kappa shape index (κ1) is 25.1. The number of aliphatic imine (C=N–C) groups is 1. The summed E-state index contributed by atoms with van der Waals surface area (Å²) in [4.78, 5) is 11.8. The number of piperidine rings is 1. The van der Waals surface area contributed by atoms with Crippen molar-refractivity contribution in [2.45, 2.75) is 32.2 Å². The van der Waals surface area contributed by atoms with E-state index in [4.69, 9.17) is 14.5 Å². The highest BCUT2D eigenvalue weighted by Gasteiger charge is 2.49. The molecule has 1 spiro atoms. The molecular formula is C30H35FN4O3. The molecule has 4 unspecified atom stereocenters. The monoisotopic (exact) mass is 518 g/mol. The fourth-order valence-corrected chi connectivity index (χ4v) is 6.65. The molecule has 1 N–H and O–H groups in total. The van der Waals surface area contributed by atoms with Gasteiger partial charge in [-0.2, -0.15) is 0 Å². The first-order valence-electron chi connectivity index (χ1n) is 13.4. The largest absolute Gasteiger partial charge is 0.495 e. The summed E-state index contributed by atoms with van der Waals surface area (Å²) in [5.74, 6) is 1.82. The molecule has 38 heavy (non-hydrogen) atoms. The van der Waals surface area contributed by atoms with E-state index in [1.54, 1.807) is 13.4 Å². The van der Waals surface area contributed by atoms with Gasteiger partial charge >= 0.3 is 0 Å². The predicted molar refractivity (Wildman–Crippen MR) is 143 cm³/mol. The Bertz CT molecular complexity index is 1320. The summed E-state index contributed by atoms with van der Waals surface area (Å²) >= 11 is 0. The van der Waals surface area contributed by atoms with Crippen molar-refractivity contribution in [2.75, 3.05) is 40.0 Å². The number of fused-ring (bicyclic) bond motifs is 1. The lowest BCUT2D eigenvalue weighted by atomic mass is 9.70. The molecule has 4 heterocycles. The van der Waals surface area contributed by atoms with Crippen LogP contribution in [0.1, 0.15) is 35.7 Å². The van der Waals surface area contributed by atoms with E-state index in [9.17, 15) is 9.50 Å². The second kappa shape index (κ2) is 10.2. The number of ether oxygens (including phenoxy) is 2. The van der Waals surface area contributed by atoms with Gasteiger partial charge in [0.25, 0.3) is 0 Å². The molecule has 0 aliphatic carbocycles. The third-order valence-electron chi connectivity index (χ3n) is 8.46. The zero-order chi connectivity index (χ0) is 26.3. The average Bonchev–Trinajstić information content (AvgIpc) is 3.57. The van der Waals surface area contributed by atoms with Crippen molar-refractivity contribution in [3.63, 3.8) is 0 Å². The fraction of sp³-hybridized carbons (Fsp3) is 0.467. The fourth-order valence-electron chi connectivity index (χ4n) is 6.65. The van der Waals surface area contributed by atoms with Gasteiger partial charge in [-0.05, 0) is 61.6 Å². The Morgan fingerprint density at radius 2 is 2.05 bits per heavy atom. The van der Waals surface area contributed by atoms with Crippen molar-refractivity contribution in [1.29, 1.82) is 0 Å². The van der Waals surface area contributed by atoms with E-state index in [2.05, 4.69) is 28.1 Å². The molecule has 2 saturated heterocycles. The minimum absolute atomic E-state index is 0.0376. The smallest absolute Gasteiger partial charge is 0.143 e. The van der Waals surface area contributed by atoms with Crippen LogP contribution in [-0.4, -0.2) is 65.4 Å². The molecule has 7 nitrogen and oxygen atoms in total. The van der Waals surface area contributed by atoms with E-state index in [1.165, 1.54) is 17.7 Å². The SMILES string of the molecule is COc1cc(CC2CC3(CCOC3)CN3C2=NCC(CO)C3c2ccc(F)cc2)ccc1-n1cnc(C)c1. The zero-order valence-electron chi connectivity index (χ0n) is 22.0. The molecule has 0 radical (unpaired) electrons. The van der Waals surface area contributed by atoms with Gasteiger partial charge in [0.15, 0.2) is 0 Å². The standard InChI is InChI=1S/C30H35FN4O3/c1-20-15-34(19-33-20)26-8-3-21(12-27(26)37-2)11-23-13-30(9-10-38-18-30)17-35-28(22-4-6-25(31)7-5-22)24(16-36)14-32-29(23)35/h3-8,12,15,19,23-24,28,36H,9-11,13-14,16-18H2,1-2H3. The van der Waals surface area contributed by atoms with Crippen LogP contribution in [0.4, 0.5) is 4.39 Å². The van der Waals surface area contributed by atoms with Gasteiger partial charge in [-0.1, -0.05) is 18.2 Å². The summed E-state index contributed by atoms with van der Waals surface area (Å²) in [5, 5.41) is 10.3. The van der Waals surface area contributed by atoms with E-state index in [0.29, 0.717) is 6.54 Å². The van der Waals surface area contributed by atoms with Gasteiger partial charge in [0.05, 0.1) is 37.5 Å². The van der Waals surface area contributed by atoms with Crippen LogP contribution < -0.4 is 4.74 Å². The second-order valence-electron chi connectivity index (χ2n) is 11.1. The number of aromatic nitrogens is 2. The van der Waals surface area contributed by atoms with E-state index in [0.717, 1.165) is 67.6 Å². The van der Waals surface area contributed by atoms with E-state index >= 15 is 0 Å². The summed E-state index contributed by atoms with van der Waals surface area (Å²) < 4.78 is 27.5. The average molecular weight is 519 g/mol. The highest BCUT2D eigenvalue weighted by atomic mass is 19.1. The van der Waals surface area contributed by atoms with Crippen molar-refractivity contribution < 1.29 is 19.0 Å². The van der Waals surface area contributed by atoms with Crippen molar-refractivity contribution in [3.8, 4) is 11.4 Å². The number of halogens is 1. The zero-order valence-corrected chi connectivity index (χ0v) is 22.0. The number of hydrogen-bond acceptors (Lipinski definition) is 6. The highest BCUT2D eigenvalue weighted by molar-refractivity contribution is 5.87. The number of aliphatic hydroxyl groups is 1. The van der Waals surface area contributed by atoms with Crippen LogP contribution in [0.15, 0.2) is 60.0 Å². The summed E-state index contributed by atoms with van der Waals surface area (Å²) in [7, 11) is 1.70. The quantitative estimate of drug-likeness (QED) is 0.525. The van der Waals surface area contributed by atoms with Gasteiger partial charge in [-0.15, -0.1) is 0 Å². The van der Waals surface area contributed by atoms with Crippen LogP contribution >= 0.6 is 0 Å². The van der Waals surface area contributed by atoms with Gasteiger partial charge in [-0.3, -0.25) is 4.99 Å². The number of imidazole rings is 1. The molecule has 1 aromatic heterocycles. The van der Waals surface area contributed by atoms with Gasteiger partial charge in [0, 0.05) is 49.8 Å². The van der Waals surface area contributed by atoms with Crippen molar-refractivity contribution in [3.05, 3.63) is 77.6 Å². The van der Waals surface area contributed by atoms with Crippen molar-refractivity contribution in [1.82, 2.24) is 14.5 Å². The van der Waals surface area contributed by atoms with E-state index < -0.39 is 0 Å². The Labute approximate surface area is 222 Å². The number of hydrogen-bond donors (Lipinski definition) is 1. The lowest BCUT2D eigenvalue weighted by Crippen LogP contribution is -2.56.